The number of carbonyl (C=O) groups excluding carboxylic acids is 1. The lowest BCUT2D eigenvalue weighted by molar-refractivity contribution is -0.129. The molecule has 146 valence electrons. The van der Waals surface area contributed by atoms with Gasteiger partial charge in [-0.15, -0.1) is 0 Å². The molecule has 0 spiro atoms. The summed E-state index contributed by atoms with van der Waals surface area (Å²) >= 11 is 0. The second-order valence-electron chi connectivity index (χ2n) is 7.30. The number of nitrogens with zero attached hydrogens (tertiary/aromatic N) is 4. The summed E-state index contributed by atoms with van der Waals surface area (Å²) in [6.45, 7) is 1.69. The predicted molar refractivity (Wildman–Crippen MR) is 104 cm³/mol. The first-order chi connectivity index (χ1) is 13.9. The van der Waals surface area contributed by atoms with E-state index in [4.69, 9.17) is 0 Å². The van der Waals surface area contributed by atoms with Crippen LogP contribution in [0.5, 0.6) is 0 Å². The van der Waals surface area contributed by atoms with Gasteiger partial charge in [-0.25, -0.2) is 13.8 Å². The topological polar surface area (TPSA) is 66.8 Å². The molecular weight excluding hydrogens is 376 g/mol. The van der Waals surface area contributed by atoms with E-state index in [2.05, 4.69) is 15.1 Å². The molecule has 0 radical (unpaired) electrons. The number of β-lactam (4-membered cyclic amide) rings is 1. The van der Waals surface area contributed by atoms with Gasteiger partial charge in [0.2, 0.25) is 5.91 Å². The van der Waals surface area contributed by atoms with Crippen LogP contribution in [0.3, 0.4) is 0 Å². The number of halogens is 2. The van der Waals surface area contributed by atoms with Crippen molar-refractivity contribution >= 4 is 22.6 Å². The molecule has 1 fully saturated rings. The number of amides is 1. The third-order valence-corrected chi connectivity index (χ3v) is 5.47. The maximum atomic E-state index is 15.0. The number of imidazole rings is 1. The highest BCUT2D eigenvalue weighted by atomic mass is 19.1. The first-order valence-electron chi connectivity index (χ1n) is 9.18. The molecule has 0 aliphatic carbocycles. The Labute approximate surface area is 164 Å². The van der Waals surface area contributed by atoms with Crippen LogP contribution in [0.15, 0.2) is 49.1 Å². The third-order valence-electron chi connectivity index (χ3n) is 5.47. The smallest absolute Gasteiger partial charge is 0.232 e. The molecule has 1 amide bonds. The van der Waals surface area contributed by atoms with Crippen LogP contribution in [-0.4, -0.2) is 25.7 Å². The molecule has 6 nitrogen and oxygen atoms in total. The largest absolute Gasteiger partial charge is 0.345 e. The summed E-state index contributed by atoms with van der Waals surface area (Å²) in [4.78, 5) is 21.2. The summed E-state index contributed by atoms with van der Waals surface area (Å²) in [6.07, 6.45) is 4.80. The molecule has 8 heteroatoms. The van der Waals surface area contributed by atoms with Crippen LogP contribution in [0.1, 0.15) is 18.5 Å². The normalized spacial score (nSPS) is 19.0. The number of hydrogen-bond acceptors (Lipinski definition) is 3. The minimum absolute atomic E-state index is 0.105. The zero-order valence-corrected chi connectivity index (χ0v) is 15.7. The average molecular weight is 393 g/mol. The van der Waals surface area contributed by atoms with Crippen molar-refractivity contribution in [2.45, 2.75) is 13.0 Å². The Morgan fingerprint density at radius 2 is 1.86 bits per heavy atom. The van der Waals surface area contributed by atoms with Gasteiger partial charge in [0, 0.05) is 30.1 Å². The van der Waals surface area contributed by atoms with Gasteiger partial charge in [0.05, 0.1) is 35.5 Å². The van der Waals surface area contributed by atoms with Crippen LogP contribution >= 0.6 is 0 Å². The van der Waals surface area contributed by atoms with Gasteiger partial charge >= 0.3 is 0 Å². The Hall–Kier alpha value is -3.55. The van der Waals surface area contributed by atoms with E-state index in [0.717, 1.165) is 5.52 Å². The van der Waals surface area contributed by atoms with Gasteiger partial charge < -0.3 is 9.88 Å². The van der Waals surface area contributed by atoms with Gasteiger partial charge in [-0.3, -0.25) is 9.48 Å². The van der Waals surface area contributed by atoms with Crippen LogP contribution in [0.2, 0.25) is 0 Å². The van der Waals surface area contributed by atoms with Crippen molar-refractivity contribution in [3.63, 3.8) is 0 Å². The van der Waals surface area contributed by atoms with Crippen LogP contribution in [-0.2, 0) is 11.8 Å². The number of H-pyrrole nitrogens is 1. The number of anilines is 1. The van der Waals surface area contributed by atoms with E-state index in [1.807, 2.05) is 0 Å². The zero-order chi connectivity index (χ0) is 20.3. The molecule has 2 aromatic carbocycles. The maximum Gasteiger partial charge on any atom is 0.232 e. The van der Waals surface area contributed by atoms with Crippen LogP contribution < -0.4 is 4.90 Å². The number of nitrogens with one attached hydrogen (secondary N) is 1. The standard InChI is InChI=1S/C21H17F2N5O/c1-11-20(28(21(11)29)14-3-4-17-18(7-14)25-10-24-17)19-15(22)5-12(6-16(19)23)13-8-26-27(2)9-13/h3-11,20H,1-2H3,(H,24,25). The lowest BCUT2D eigenvalue weighted by atomic mass is 9.82. The Bertz CT molecular complexity index is 1240. The number of aromatic amines is 1. The summed E-state index contributed by atoms with van der Waals surface area (Å²) in [5.74, 6) is -2.07. The van der Waals surface area contributed by atoms with Crippen molar-refractivity contribution in [2.24, 2.45) is 13.0 Å². The predicted octanol–water partition coefficient (Wildman–Crippen LogP) is 3.97. The molecule has 5 rings (SSSR count). The van der Waals surface area contributed by atoms with Crippen molar-refractivity contribution in [1.82, 2.24) is 19.7 Å². The Kier molecular flexibility index (Phi) is 3.77. The molecular formula is C21H17F2N5O. The Morgan fingerprint density at radius 1 is 1.10 bits per heavy atom. The highest BCUT2D eigenvalue weighted by Gasteiger charge is 2.48. The molecule has 2 atom stereocenters. The van der Waals surface area contributed by atoms with E-state index >= 15 is 8.78 Å². The third kappa shape index (κ3) is 2.63. The molecule has 0 saturated carbocycles. The van der Waals surface area contributed by atoms with Crippen molar-refractivity contribution < 1.29 is 13.6 Å². The van der Waals surface area contributed by atoms with Gasteiger partial charge in [0.1, 0.15) is 11.6 Å². The molecule has 3 heterocycles. The summed E-state index contributed by atoms with van der Waals surface area (Å²) in [5.41, 5.74) is 2.99. The van der Waals surface area contributed by atoms with E-state index in [1.54, 1.807) is 55.6 Å². The molecule has 2 aromatic heterocycles. The van der Waals surface area contributed by atoms with E-state index in [-0.39, 0.29) is 11.5 Å². The molecule has 1 saturated heterocycles. The molecule has 0 bridgehead atoms. The van der Waals surface area contributed by atoms with Gasteiger partial charge in [-0.2, -0.15) is 5.10 Å². The quantitative estimate of drug-likeness (QED) is 0.536. The monoisotopic (exact) mass is 393 g/mol. The van der Waals surface area contributed by atoms with Crippen molar-refractivity contribution in [3.05, 3.63) is 66.3 Å². The van der Waals surface area contributed by atoms with Crippen molar-refractivity contribution in [2.75, 3.05) is 4.90 Å². The fourth-order valence-electron chi connectivity index (χ4n) is 3.97. The SMILES string of the molecule is CC1C(=O)N(c2ccc3[nH]cnc3c2)C1c1c(F)cc(-c2cnn(C)c2)cc1F. The number of hydrogen-bond donors (Lipinski definition) is 1. The maximum absolute atomic E-state index is 15.0. The summed E-state index contributed by atoms with van der Waals surface area (Å²) < 4.78 is 31.7. The van der Waals surface area contributed by atoms with E-state index in [9.17, 15) is 4.79 Å². The highest BCUT2D eigenvalue weighted by molar-refractivity contribution is 6.04. The van der Waals surface area contributed by atoms with Crippen molar-refractivity contribution in [1.29, 1.82) is 0 Å². The lowest BCUT2D eigenvalue weighted by Crippen LogP contribution is -2.54. The van der Waals surface area contributed by atoms with E-state index in [0.29, 0.717) is 22.3 Å². The van der Waals surface area contributed by atoms with Gasteiger partial charge in [-0.1, -0.05) is 6.92 Å². The number of benzene rings is 2. The number of rotatable bonds is 3. The first-order valence-corrected chi connectivity index (χ1v) is 9.18. The Balaban J connectivity index is 1.57. The fourth-order valence-corrected chi connectivity index (χ4v) is 3.97. The van der Waals surface area contributed by atoms with E-state index < -0.39 is 23.6 Å². The Morgan fingerprint density at radius 3 is 2.55 bits per heavy atom. The molecule has 1 N–H and O–H groups in total. The van der Waals surface area contributed by atoms with Gasteiger partial charge in [0.25, 0.3) is 0 Å². The number of carbonyl (C=O) groups is 1. The van der Waals surface area contributed by atoms with Crippen LogP contribution in [0.4, 0.5) is 14.5 Å². The molecule has 1 aliphatic heterocycles. The minimum atomic E-state index is -0.721. The zero-order valence-electron chi connectivity index (χ0n) is 15.7. The second-order valence-corrected chi connectivity index (χ2v) is 7.30. The highest BCUT2D eigenvalue weighted by Crippen LogP contribution is 2.45. The summed E-state index contributed by atoms with van der Waals surface area (Å²) in [5, 5.41) is 4.04. The number of fused-ring (bicyclic) bond motifs is 1. The average Bonchev–Trinajstić information content (AvgIpc) is 3.34. The molecule has 1 aliphatic rings. The van der Waals surface area contributed by atoms with Gasteiger partial charge in [-0.05, 0) is 35.9 Å². The first kappa shape index (κ1) is 17.5. The fraction of sp³-hybridized carbons (Fsp3) is 0.190. The lowest BCUT2D eigenvalue weighted by Gasteiger charge is -2.46. The summed E-state index contributed by atoms with van der Waals surface area (Å²) in [6, 6.07) is 7.14. The molecule has 2 unspecified atom stereocenters. The van der Waals surface area contributed by atoms with E-state index in [1.165, 1.54) is 17.0 Å². The van der Waals surface area contributed by atoms with Crippen molar-refractivity contribution in [3.8, 4) is 11.1 Å². The molecule has 29 heavy (non-hydrogen) atoms. The van der Waals surface area contributed by atoms with Crippen LogP contribution in [0, 0.1) is 17.6 Å². The van der Waals surface area contributed by atoms with Crippen LogP contribution in [0.25, 0.3) is 22.2 Å². The second kappa shape index (κ2) is 6.23. The number of aryl methyl sites for hydroxylation is 1. The van der Waals surface area contributed by atoms with Gasteiger partial charge in [0.15, 0.2) is 0 Å². The minimum Gasteiger partial charge on any atom is -0.345 e. The summed E-state index contributed by atoms with van der Waals surface area (Å²) in [7, 11) is 1.74. The molecule has 4 aromatic rings. The number of aromatic nitrogens is 4.